The van der Waals surface area contributed by atoms with Crippen molar-refractivity contribution in [3.8, 4) is 11.8 Å². The summed E-state index contributed by atoms with van der Waals surface area (Å²) in [6.45, 7) is 0. The van der Waals surface area contributed by atoms with Crippen LogP contribution in [0.15, 0.2) is 18.3 Å². The van der Waals surface area contributed by atoms with Crippen LogP contribution >= 0.6 is 11.6 Å². The number of hydrogen-bond donors (Lipinski definition) is 0. The van der Waals surface area contributed by atoms with Crippen molar-refractivity contribution in [3.05, 3.63) is 28.9 Å². The fourth-order valence-corrected chi connectivity index (χ4v) is 2.41. The van der Waals surface area contributed by atoms with Crippen LogP contribution < -0.4 is 4.74 Å². The number of ether oxygens (including phenoxy) is 1. The molecule has 0 bridgehead atoms. The lowest BCUT2D eigenvalue weighted by Crippen LogP contribution is -1.88. The van der Waals surface area contributed by atoms with Crippen LogP contribution in [0.2, 0.25) is 5.02 Å². The maximum Gasteiger partial charge on any atom is 0.128 e. The van der Waals surface area contributed by atoms with Crippen molar-refractivity contribution in [2.45, 2.75) is 12.8 Å². The third-order valence-corrected chi connectivity index (χ3v) is 3.14. The number of hydrogen-bond acceptors (Lipinski definition) is 2. The fourth-order valence-electron chi connectivity index (χ4n) is 2.12. The van der Waals surface area contributed by atoms with Crippen LogP contribution in [0.3, 0.4) is 0 Å². The highest BCUT2D eigenvalue weighted by molar-refractivity contribution is 6.35. The van der Waals surface area contributed by atoms with Crippen molar-refractivity contribution in [2.75, 3.05) is 7.11 Å². The minimum Gasteiger partial charge on any atom is -0.496 e. The van der Waals surface area contributed by atoms with Gasteiger partial charge in [-0.3, -0.25) is 0 Å². The lowest BCUT2D eigenvalue weighted by atomic mass is 10.1. The summed E-state index contributed by atoms with van der Waals surface area (Å²) in [5, 5.41) is 10.4. The van der Waals surface area contributed by atoms with Crippen molar-refractivity contribution >= 4 is 22.5 Å². The smallest absolute Gasteiger partial charge is 0.128 e. The molecule has 0 fully saturated rings. The summed E-state index contributed by atoms with van der Waals surface area (Å²) in [6, 6.07) is 5.85. The second-order valence-electron chi connectivity index (χ2n) is 3.90. The van der Waals surface area contributed by atoms with Gasteiger partial charge in [0, 0.05) is 25.1 Å². The number of nitrogens with zero attached hydrogens (tertiary/aromatic N) is 2. The van der Waals surface area contributed by atoms with Gasteiger partial charge in [0.2, 0.25) is 0 Å². The molecule has 0 aliphatic rings. The van der Waals surface area contributed by atoms with E-state index in [1.807, 2.05) is 29.9 Å². The topological polar surface area (TPSA) is 37.9 Å². The second-order valence-corrected chi connectivity index (χ2v) is 4.30. The average molecular weight is 249 g/mol. The molecule has 0 radical (unpaired) electrons. The van der Waals surface area contributed by atoms with Gasteiger partial charge in [-0.2, -0.15) is 5.26 Å². The largest absolute Gasteiger partial charge is 0.496 e. The van der Waals surface area contributed by atoms with Crippen LogP contribution in [0.5, 0.6) is 5.75 Å². The van der Waals surface area contributed by atoms with Gasteiger partial charge in [0.15, 0.2) is 0 Å². The number of aromatic nitrogens is 1. The first-order chi connectivity index (χ1) is 8.19. The van der Waals surface area contributed by atoms with E-state index in [0.717, 1.165) is 22.2 Å². The first-order valence-corrected chi connectivity index (χ1v) is 5.74. The molecule has 0 spiro atoms. The molecule has 0 saturated heterocycles. The molecule has 0 N–H and O–H groups in total. The van der Waals surface area contributed by atoms with Crippen molar-refractivity contribution in [1.82, 2.24) is 4.57 Å². The third kappa shape index (κ3) is 1.96. The third-order valence-electron chi connectivity index (χ3n) is 2.84. The van der Waals surface area contributed by atoms with Gasteiger partial charge >= 0.3 is 0 Å². The van der Waals surface area contributed by atoms with E-state index in [1.165, 1.54) is 0 Å². The first kappa shape index (κ1) is 11.8. The molecule has 1 aromatic carbocycles. The maximum absolute atomic E-state index is 8.67. The summed E-state index contributed by atoms with van der Waals surface area (Å²) in [5.41, 5.74) is 2.06. The Bertz CT molecular complexity index is 595. The molecule has 0 atom stereocenters. The molecule has 0 aliphatic heterocycles. The number of rotatable bonds is 3. The quantitative estimate of drug-likeness (QED) is 0.836. The van der Waals surface area contributed by atoms with Gasteiger partial charge in [-0.25, -0.2) is 0 Å². The van der Waals surface area contributed by atoms with E-state index in [1.54, 1.807) is 7.11 Å². The van der Waals surface area contributed by atoms with Crippen LogP contribution in [-0.4, -0.2) is 11.7 Å². The summed E-state index contributed by atoms with van der Waals surface area (Å²) in [4.78, 5) is 0. The Morgan fingerprint density at radius 3 is 2.88 bits per heavy atom. The highest BCUT2D eigenvalue weighted by Gasteiger charge is 2.14. The van der Waals surface area contributed by atoms with Crippen molar-refractivity contribution in [1.29, 1.82) is 5.26 Å². The minimum atomic E-state index is 0.495. The lowest BCUT2D eigenvalue weighted by Gasteiger charge is -2.05. The van der Waals surface area contributed by atoms with Gasteiger partial charge in [0.25, 0.3) is 0 Å². The second kappa shape index (κ2) is 4.68. The number of fused-ring (bicyclic) bond motifs is 1. The Kier molecular flexibility index (Phi) is 3.26. The monoisotopic (exact) mass is 248 g/mol. The molecule has 88 valence electrons. The average Bonchev–Trinajstić information content (AvgIpc) is 2.66. The molecule has 17 heavy (non-hydrogen) atoms. The zero-order valence-corrected chi connectivity index (χ0v) is 10.6. The molecular weight excluding hydrogens is 236 g/mol. The van der Waals surface area contributed by atoms with Crippen LogP contribution in [-0.2, 0) is 13.5 Å². The van der Waals surface area contributed by atoms with Gasteiger partial charge in [0.05, 0.1) is 23.7 Å². The normalized spacial score (nSPS) is 10.5. The van der Waals surface area contributed by atoms with E-state index >= 15 is 0 Å². The van der Waals surface area contributed by atoms with Crippen molar-refractivity contribution in [3.63, 3.8) is 0 Å². The van der Waals surface area contributed by atoms with Gasteiger partial charge in [-0.15, -0.1) is 0 Å². The van der Waals surface area contributed by atoms with Gasteiger partial charge in [0.1, 0.15) is 5.75 Å². The van der Waals surface area contributed by atoms with Crippen LogP contribution in [0.4, 0.5) is 0 Å². The molecule has 1 aromatic heterocycles. The maximum atomic E-state index is 8.67. The van der Waals surface area contributed by atoms with E-state index in [0.29, 0.717) is 17.9 Å². The van der Waals surface area contributed by atoms with E-state index in [2.05, 4.69) is 6.07 Å². The number of nitriles is 1. The number of aryl methyl sites for hydroxylation is 2. The van der Waals surface area contributed by atoms with Crippen LogP contribution in [0, 0.1) is 11.3 Å². The molecule has 0 unspecified atom stereocenters. The molecule has 2 rings (SSSR count). The van der Waals surface area contributed by atoms with Gasteiger partial charge in [-0.05, 0) is 24.1 Å². The zero-order valence-electron chi connectivity index (χ0n) is 9.83. The summed E-state index contributed by atoms with van der Waals surface area (Å²) in [6.07, 6.45) is 3.22. The van der Waals surface area contributed by atoms with Crippen molar-refractivity contribution < 1.29 is 4.74 Å². The van der Waals surface area contributed by atoms with Gasteiger partial charge in [-0.1, -0.05) is 11.6 Å². The Balaban J connectivity index is 2.69. The van der Waals surface area contributed by atoms with Gasteiger partial charge < -0.3 is 9.30 Å². The SMILES string of the molecule is COc1ccc(Cl)c2c1c(CCC#N)cn2C. The standard InChI is InChI=1S/C13H13ClN2O/c1-16-8-9(4-3-7-15)12-11(17-2)6-5-10(14)13(12)16/h5-6,8H,3-4H2,1-2H3. The number of benzene rings is 1. The molecule has 0 amide bonds. The molecule has 3 nitrogen and oxygen atoms in total. The van der Waals surface area contributed by atoms with Crippen molar-refractivity contribution in [2.24, 2.45) is 7.05 Å². The minimum absolute atomic E-state index is 0.495. The summed E-state index contributed by atoms with van der Waals surface area (Å²) >= 11 is 6.20. The number of halogens is 1. The Hall–Kier alpha value is -1.66. The Morgan fingerprint density at radius 1 is 1.47 bits per heavy atom. The number of methoxy groups -OCH3 is 1. The summed E-state index contributed by atoms with van der Waals surface area (Å²) in [7, 11) is 3.59. The van der Waals surface area contributed by atoms with Crippen LogP contribution in [0.25, 0.3) is 10.9 Å². The van der Waals surface area contributed by atoms with E-state index in [-0.39, 0.29) is 0 Å². The highest BCUT2D eigenvalue weighted by Crippen LogP contribution is 2.35. The molecule has 4 heteroatoms. The highest BCUT2D eigenvalue weighted by atomic mass is 35.5. The van der Waals surface area contributed by atoms with E-state index < -0.39 is 0 Å². The molecule has 0 aliphatic carbocycles. The molecule has 2 aromatic rings. The van der Waals surface area contributed by atoms with E-state index in [9.17, 15) is 0 Å². The first-order valence-electron chi connectivity index (χ1n) is 5.36. The fraction of sp³-hybridized carbons (Fsp3) is 0.308. The Morgan fingerprint density at radius 2 is 2.24 bits per heavy atom. The zero-order chi connectivity index (χ0) is 12.4. The summed E-state index contributed by atoms with van der Waals surface area (Å²) in [5.74, 6) is 0.804. The van der Waals surface area contributed by atoms with Crippen LogP contribution in [0.1, 0.15) is 12.0 Å². The predicted octanol–water partition coefficient (Wildman–Crippen LogP) is 3.30. The van der Waals surface area contributed by atoms with E-state index in [4.69, 9.17) is 21.6 Å². The Labute approximate surface area is 105 Å². The predicted molar refractivity (Wildman–Crippen MR) is 68.4 cm³/mol. The molecular formula is C13H13ClN2O. The molecule has 0 saturated carbocycles. The lowest BCUT2D eigenvalue weighted by molar-refractivity contribution is 0.419. The molecule has 1 heterocycles. The summed E-state index contributed by atoms with van der Waals surface area (Å²) < 4.78 is 7.34.